The standard InChI is InChI=1S/C26H29N5O4/c1-16(2)30-15-19(14-22(30)32)25(34)27-20-10-8-9-18(13-20)24(33)28-23-17(3)29(4)31(26(23)35)21-11-6-5-7-12-21/h5-13,16,19H,14-15H2,1-4H3,(H,27,34)(H,28,33). The van der Waals surface area contributed by atoms with Crippen LogP contribution >= 0.6 is 0 Å². The van der Waals surface area contributed by atoms with E-state index in [2.05, 4.69) is 10.6 Å². The SMILES string of the molecule is Cc1c(NC(=O)c2cccc(NC(=O)C3CC(=O)N(C(C)C)C3)c2)c(=O)n(-c2ccccc2)n1C. The van der Waals surface area contributed by atoms with Crippen LogP contribution in [0.1, 0.15) is 36.3 Å². The van der Waals surface area contributed by atoms with Gasteiger partial charge in [0.15, 0.2) is 0 Å². The number of anilines is 2. The second kappa shape index (κ2) is 9.61. The van der Waals surface area contributed by atoms with Crippen molar-refractivity contribution in [1.82, 2.24) is 14.3 Å². The molecule has 1 atom stereocenters. The van der Waals surface area contributed by atoms with E-state index in [1.165, 1.54) is 4.68 Å². The van der Waals surface area contributed by atoms with Gasteiger partial charge in [-0.25, -0.2) is 4.68 Å². The van der Waals surface area contributed by atoms with Gasteiger partial charge in [-0.3, -0.25) is 23.9 Å². The van der Waals surface area contributed by atoms with Crippen LogP contribution in [0.2, 0.25) is 0 Å². The van der Waals surface area contributed by atoms with E-state index in [4.69, 9.17) is 0 Å². The van der Waals surface area contributed by atoms with Crippen LogP contribution in [-0.4, -0.2) is 44.6 Å². The van der Waals surface area contributed by atoms with Gasteiger partial charge in [-0.15, -0.1) is 0 Å². The zero-order valence-electron chi connectivity index (χ0n) is 20.2. The third-order valence-corrected chi connectivity index (χ3v) is 6.34. The molecule has 0 radical (unpaired) electrons. The molecule has 2 N–H and O–H groups in total. The molecule has 1 aromatic heterocycles. The predicted molar refractivity (Wildman–Crippen MR) is 134 cm³/mol. The van der Waals surface area contributed by atoms with Crippen LogP contribution in [0.3, 0.4) is 0 Å². The molecule has 2 aromatic carbocycles. The molecule has 1 saturated heterocycles. The Morgan fingerprint density at radius 1 is 1.00 bits per heavy atom. The van der Waals surface area contributed by atoms with Crippen molar-refractivity contribution in [3.05, 3.63) is 76.2 Å². The summed E-state index contributed by atoms with van der Waals surface area (Å²) in [5.74, 6) is -1.20. The fraction of sp³-hybridized carbons (Fsp3) is 0.308. The summed E-state index contributed by atoms with van der Waals surface area (Å²) in [5.41, 5.74) is 1.89. The van der Waals surface area contributed by atoms with E-state index >= 15 is 0 Å². The van der Waals surface area contributed by atoms with E-state index in [-0.39, 0.29) is 35.5 Å². The molecule has 9 heteroatoms. The molecule has 4 rings (SSSR count). The van der Waals surface area contributed by atoms with Gasteiger partial charge in [0.2, 0.25) is 11.8 Å². The third kappa shape index (κ3) is 4.75. The van der Waals surface area contributed by atoms with E-state index < -0.39 is 11.8 Å². The highest BCUT2D eigenvalue weighted by atomic mass is 16.2. The molecular formula is C26H29N5O4. The number of nitrogens with zero attached hydrogens (tertiary/aromatic N) is 3. The van der Waals surface area contributed by atoms with Crippen molar-refractivity contribution < 1.29 is 14.4 Å². The fourth-order valence-corrected chi connectivity index (χ4v) is 4.29. The summed E-state index contributed by atoms with van der Waals surface area (Å²) >= 11 is 0. The second-order valence-corrected chi connectivity index (χ2v) is 9.00. The molecule has 1 unspecified atom stereocenters. The topological polar surface area (TPSA) is 105 Å². The van der Waals surface area contributed by atoms with Crippen LogP contribution in [0.5, 0.6) is 0 Å². The number of aromatic nitrogens is 2. The number of amides is 3. The van der Waals surface area contributed by atoms with Crippen molar-refractivity contribution in [3.63, 3.8) is 0 Å². The quantitative estimate of drug-likeness (QED) is 0.572. The number of para-hydroxylation sites is 1. The number of nitrogens with one attached hydrogen (secondary N) is 2. The van der Waals surface area contributed by atoms with Gasteiger partial charge in [0, 0.05) is 37.3 Å². The normalized spacial score (nSPS) is 15.5. The lowest BCUT2D eigenvalue weighted by Gasteiger charge is -2.20. The maximum atomic E-state index is 13.1. The molecule has 35 heavy (non-hydrogen) atoms. The molecular weight excluding hydrogens is 446 g/mol. The molecule has 1 fully saturated rings. The Kier molecular flexibility index (Phi) is 6.59. The number of hydrogen-bond donors (Lipinski definition) is 2. The van der Waals surface area contributed by atoms with Crippen LogP contribution in [0.4, 0.5) is 11.4 Å². The Balaban J connectivity index is 1.50. The first-order valence-corrected chi connectivity index (χ1v) is 11.5. The van der Waals surface area contributed by atoms with Crippen molar-refractivity contribution in [2.24, 2.45) is 13.0 Å². The van der Waals surface area contributed by atoms with Crippen molar-refractivity contribution in [3.8, 4) is 5.69 Å². The highest BCUT2D eigenvalue weighted by molar-refractivity contribution is 6.06. The first-order chi connectivity index (χ1) is 16.7. The highest BCUT2D eigenvalue weighted by Crippen LogP contribution is 2.22. The minimum Gasteiger partial charge on any atom is -0.339 e. The highest BCUT2D eigenvalue weighted by Gasteiger charge is 2.35. The average Bonchev–Trinajstić information content (AvgIpc) is 3.33. The van der Waals surface area contributed by atoms with Gasteiger partial charge in [-0.2, -0.15) is 0 Å². The lowest BCUT2D eigenvalue weighted by Crippen LogP contribution is -2.33. The summed E-state index contributed by atoms with van der Waals surface area (Å²) in [6.07, 6.45) is 0.172. The molecule has 0 bridgehead atoms. The Labute approximate surface area is 203 Å². The Morgan fingerprint density at radius 2 is 1.71 bits per heavy atom. The van der Waals surface area contributed by atoms with E-state index in [0.29, 0.717) is 29.2 Å². The Morgan fingerprint density at radius 3 is 2.37 bits per heavy atom. The lowest BCUT2D eigenvalue weighted by atomic mass is 10.1. The third-order valence-electron chi connectivity index (χ3n) is 6.34. The summed E-state index contributed by atoms with van der Waals surface area (Å²) < 4.78 is 3.18. The molecule has 182 valence electrons. The van der Waals surface area contributed by atoms with Gasteiger partial charge >= 0.3 is 0 Å². The molecule has 3 amide bonds. The van der Waals surface area contributed by atoms with Gasteiger partial charge < -0.3 is 15.5 Å². The molecule has 1 aliphatic heterocycles. The van der Waals surface area contributed by atoms with Crippen molar-refractivity contribution >= 4 is 29.1 Å². The Bertz CT molecular complexity index is 1340. The summed E-state index contributed by atoms with van der Waals surface area (Å²) in [5, 5.41) is 5.54. The number of likely N-dealkylation sites (tertiary alicyclic amines) is 1. The average molecular weight is 476 g/mol. The molecule has 3 aromatic rings. The fourth-order valence-electron chi connectivity index (χ4n) is 4.29. The molecule has 9 nitrogen and oxygen atoms in total. The number of hydrogen-bond acceptors (Lipinski definition) is 4. The molecule has 0 saturated carbocycles. The summed E-state index contributed by atoms with van der Waals surface area (Å²) in [7, 11) is 1.75. The first kappa shape index (κ1) is 24.0. The predicted octanol–water partition coefficient (Wildman–Crippen LogP) is 2.93. The molecule has 0 spiro atoms. The van der Waals surface area contributed by atoms with Crippen LogP contribution in [0.25, 0.3) is 5.69 Å². The number of benzene rings is 2. The maximum Gasteiger partial charge on any atom is 0.295 e. The van der Waals surface area contributed by atoms with E-state index in [1.54, 1.807) is 47.8 Å². The van der Waals surface area contributed by atoms with E-state index in [9.17, 15) is 19.2 Å². The van der Waals surface area contributed by atoms with E-state index in [1.807, 2.05) is 44.2 Å². The van der Waals surface area contributed by atoms with Crippen LogP contribution in [-0.2, 0) is 16.6 Å². The second-order valence-electron chi connectivity index (χ2n) is 9.00. The lowest BCUT2D eigenvalue weighted by molar-refractivity contribution is -0.129. The zero-order valence-corrected chi connectivity index (χ0v) is 20.2. The first-order valence-electron chi connectivity index (χ1n) is 11.5. The van der Waals surface area contributed by atoms with E-state index in [0.717, 1.165) is 0 Å². The monoisotopic (exact) mass is 475 g/mol. The van der Waals surface area contributed by atoms with Crippen molar-refractivity contribution in [2.75, 3.05) is 17.2 Å². The number of carbonyl (C=O) groups excluding carboxylic acids is 3. The van der Waals surface area contributed by atoms with Gasteiger partial charge in [0.25, 0.3) is 11.5 Å². The van der Waals surface area contributed by atoms with Gasteiger partial charge in [-0.1, -0.05) is 24.3 Å². The summed E-state index contributed by atoms with van der Waals surface area (Å²) in [4.78, 5) is 52.6. The van der Waals surface area contributed by atoms with Crippen molar-refractivity contribution in [1.29, 1.82) is 0 Å². The summed E-state index contributed by atoms with van der Waals surface area (Å²) in [6.45, 7) is 5.98. The van der Waals surface area contributed by atoms with Gasteiger partial charge in [-0.05, 0) is 51.1 Å². The van der Waals surface area contributed by atoms with Crippen LogP contribution < -0.4 is 16.2 Å². The van der Waals surface area contributed by atoms with Crippen LogP contribution in [0.15, 0.2) is 59.4 Å². The van der Waals surface area contributed by atoms with Gasteiger partial charge in [0.1, 0.15) is 5.69 Å². The minimum atomic E-state index is -0.464. The Hall–Kier alpha value is -4.14. The maximum absolute atomic E-state index is 13.1. The summed E-state index contributed by atoms with van der Waals surface area (Å²) in [6, 6.07) is 15.7. The molecule has 0 aliphatic carbocycles. The molecule has 1 aliphatic rings. The smallest absolute Gasteiger partial charge is 0.295 e. The number of carbonyl (C=O) groups is 3. The van der Waals surface area contributed by atoms with Crippen molar-refractivity contribution in [2.45, 2.75) is 33.2 Å². The largest absolute Gasteiger partial charge is 0.339 e. The van der Waals surface area contributed by atoms with Gasteiger partial charge in [0.05, 0.1) is 17.3 Å². The molecule has 2 heterocycles. The minimum absolute atomic E-state index is 0.0346. The number of rotatable bonds is 6. The zero-order chi connectivity index (χ0) is 25.3. The van der Waals surface area contributed by atoms with Crippen LogP contribution in [0, 0.1) is 12.8 Å².